The molecule has 8 nitrogen and oxygen atoms in total. The maximum Gasteiger partial charge on any atom is 0.338 e. The number of amides is 4. The first-order chi connectivity index (χ1) is 14.8. The van der Waals surface area contributed by atoms with Gasteiger partial charge in [-0.1, -0.05) is 32.4 Å². The Balaban J connectivity index is 2.34. The molecule has 0 radical (unpaired) electrons. The SMILES string of the molecule is CCCCNC(=O)Nc1cccc([C@H]2NC(=O)N(CCC)C(C)=C2C(=O)OC(C)C)c1. The Hall–Kier alpha value is -3.03. The molecule has 8 heteroatoms. The highest BCUT2D eigenvalue weighted by molar-refractivity contribution is 5.95. The van der Waals surface area contributed by atoms with Gasteiger partial charge in [-0.05, 0) is 51.3 Å². The summed E-state index contributed by atoms with van der Waals surface area (Å²) < 4.78 is 5.47. The molecule has 0 aliphatic carbocycles. The number of carbonyl (C=O) groups excluding carboxylic acids is 3. The van der Waals surface area contributed by atoms with E-state index < -0.39 is 12.0 Å². The summed E-state index contributed by atoms with van der Waals surface area (Å²) in [5.74, 6) is -0.464. The molecule has 0 bridgehead atoms. The van der Waals surface area contributed by atoms with E-state index in [0.29, 0.717) is 35.6 Å². The minimum atomic E-state index is -0.670. The molecule has 2 rings (SSSR count). The van der Waals surface area contributed by atoms with Crippen molar-refractivity contribution in [1.29, 1.82) is 0 Å². The number of benzene rings is 1. The van der Waals surface area contributed by atoms with Crippen molar-refractivity contribution in [3.05, 3.63) is 41.1 Å². The van der Waals surface area contributed by atoms with Crippen LogP contribution in [0.15, 0.2) is 35.5 Å². The Kier molecular flexibility index (Phi) is 8.90. The average molecular weight is 431 g/mol. The van der Waals surface area contributed by atoms with Crippen LogP contribution in [-0.4, -0.2) is 42.1 Å². The summed E-state index contributed by atoms with van der Waals surface area (Å²) in [5.41, 5.74) is 2.24. The van der Waals surface area contributed by atoms with Crippen LogP contribution in [-0.2, 0) is 9.53 Å². The second kappa shape index (κ2) is 11.4. The number of urea groups is 2. The van der Waals surface area contributed by atoms with Crippen molar-refractivity contribution in [3.8, 4) is 0 Å². The van der Waals surface area contributed by atoms with Gasteiger partial charge in [-0.2, -0.15) is 0 Å². The predicted octanol–water partition coefficient (Wildman–Crippen LogP) is 4.31. The number of hydrogen-bond donors (Lipinski definition) is 3. The van der Waals surface area contributed by atoms with Crippen molar-refractivity contribution in [1.82, 2.24) is 15.5 Å². The molecular weight excluding hydrogens is 396 g/mol. The number of hydrogen-bond acceptors (Lipinski definition) is 4. The molecule has 1 aliphatic heterocycles. The van der Waals surface area contributed by atoms with Crippen molar-refractivity contribution in [2.75, 3.05) is 18.4 Å². The Labute approximate surface area is 184 Å². The molecule has 31 heavy (non-hydrogen) atoms. The van der Waals surface area contributed by atoms with Gasteiger partial charge in [-0.15, -0.1) is 0 Å². The molecule has 1 atom stereocenters. The van der Waals surface area contributed by atoms with Crippen LogP contribution in [0.2, 0.25) is 0 Å². The first-order valence-corrected chi connectivity index (χ1v) is 10.9. The van der Waals surface area contributed by atoms with Crippen LogP contribution in [0, 0.1) is 0 Å². The zero-order valence-electron chi connectivity index (χ0n) is 19.1. The third kappa shape index (κ3) is 6.47. The van der Waals surface area contributed by atoms with Gasteiger partial charge in [0.2, 0.25) is 0 Å². The predicted molar refractivity (Wildman–Crippen MR) is 121 cm³/mol. The molecule has 0 fully saturated rings. The first kappa shape index (κ1) is 24.2. The summed E-state index contributed by atoms with van der Waals surface area (Å²) in [4.78, 5) is 39.3. The van der Waals surface area contributed by atoms with Crippen LogP contribution in [0.1, 0.15) is 65.5 Å². The maximum absolute atomic E-state index is 12.9. The summed E-state index contributed by atoms with van der Waals surface area (Å²) in [5, 5.41) is 8.53. The van der Waals surface area contributed by atoms with Crippen molar-refractivity contribution in [3.63, 3.8) is 0 Å². The zero-order valence-corrected chi connectivity index (χ0v) is 19.1. The number of rotatable bonds is 9. The van der Waals surface area contributed by atoms with Gasteiger partial charge in [-0.25, -0.2) is 14.4 Å². The van der Waals surface area contributed by atoms with Gasteiger partial charge in [0.25, 0.3) is 0 Å². The molecule has 0 saturated heterocycles. The Bertz CT molecular complexity index is 835. The molecule has 170 valence electrons. The molecule has 1 aromatic rings. The lowest BCUT2D eigenvalue weighted by Gasteiger charge is -2.35. The van der Waals surface area contributed by atoms with E-state index in [-0.39, 0.29) is 18.2 Å². The fraction of sp³-hybridized carbons (Fsp3) is 0.522. The molecular formula is C23H34N4O4. The topological polar surface area (TPSA) is 99.8 Å². The van der Waals surface area contributed by atoms with E-state index in [1.165, 1.54) is 0 Å². The van der Waals surface area contributed by atoms with Crippen molar-refractivity contribution in [2.24, 2.45) is 0 Å². The van der Waals surface area contributed by atoms with Crippen molar-refractivity contribution >= 4 is 23.7 Å². The van der Waals surface area contributed by atoms with Crippen LogP contribution in [0.4, 0.5) is 15.3 Å². The number of nitrogens with one attached hydrogen (secondary N) is 3. The van der Waals surface area contributed by atoms with Gasteiger partial charge in [0.1, 0.15) is 0 Å². The summed E-state index contributed by atoms with van der Waals surface area (Å²) in [6.07, 6.45) is 2.37. The summed E-state index contributed by atoms with van der Waals surface area (Å²) in [6.45, 7) is 10.5. The molecule has 0 saturated carbocycles. The number of ether oxygens (including phenoxy) is 1. The highest BCUT2D eigenvalue weighted by Gasteiger charge is 2.36. The lowest BCUT2D eigenvalue weighted by atomic mass is 9.94. The van der Waals surface area contributed by atoms with Crippen LogP contribution < -0.4 is 16.0 Å². The first-order valence-electron chi connectivity index (χ1n) is 10.9. The molecule has 3 N–H and O–H groups in total. The van der Waals surface area contributed by atoms with Crippen LogP contribution in [0.5, 0.6) is 0 Å². The highest BCUT2D eigenvalue weighted by atomic mass is 16.5. The van der Waals surface area contributed by atoms with Gasteiger partial charge < -0.3 is 20.7 Å². The molecule has 4 amide bonds. The van der Waals surface area contributed by atoms with Gasteiger partial charge in [0.15, 0.2) is 0 Å². The number of unbranched alkanes of at least 4 members (excludes halogenated alkanes) is 1. The summed E-state index contributed by atoms with van der Waals surface area (Å²) >= 11 is 0. The van der Waals surface area contributed by atoms with Crippen LogP contribution in [0.3, 0.4) is 0 Å². The normalized spacial score (nSPS) is 16.3. The number of allylic oxidation sites excluding steroid dienone is 1. The van der Waals surface area contributed by atoms with Crippen LogP contribution >= 0.6 is 0 Å². The van der Waals surface area contributed by atoms with Crippen LogP contribution in [0.25, 0.3) is 0 Å². The number of nitrogens with zero attached hydrogens (tertiary/aromatic N) is 1. The number of carbonyl (C=O) groups is 3. The van der Waals surface area contributed by atoms with E-state index in [1.807, 2.05) is 13.0 Å². The smallest absolute Gasteiger partial charge is 0.338 e. The van der Waals surface area contributed by atoms with E-state index in [9.17, 15) is 14.4 Å². The average Bonchev–Trinajstić information content (AvgIpc) is 2.70. The number of anilines is 1. The lowest BCUT2D eigenvalue weighted by Crippen LogP contribution is -2.48. The van der Waals surface area contributed by atoms with E-state index in [1.54, 1.807) is 43.9 Å². The lowest BCUT2D eigenvalue weighted by molar-refractivity contribution is -0.143. The third-order valence-corrected chi connectivity index (χ3v) is 4.90. The molecule has 1 heterocycles. The largest absolute Gasteiger partial charge is 0.459 e. The Morgan fingerprint density at radius 3 is 2.61 bits per heavy atom. The standard InChI is InChI=1S/C23H34N4O4/c1-6-8-12-24-22(29)25-18-11-9-10-17(14-18)20-19(21(28)31-15(3)4)16(5)27(13-7-2)23(30)26-20/h9-11,14-15,20H,6-8,12-13H2,1-5H3,(H,26,30)(H2,24,25,29)/t20-/m1/s1. The summed E-state index contributed by atoms with van der Waals surface area (Å²) in [6, 6.07) is 5.89. The van der Waals surface area contributed by atoms with Gasteiger partial charge in [-0.3, -0.25) is 4.90 Å². The number of esters is 1. The summed E-state index contributed by atoms with van der Waals surface area (Å²) in [7, 11) is 0. The zero-order chi connectivity index (χ0) is 23.0. The second-order valence-corrected chi connectivity index (χ2v) is 7.85. The minimum Gasteiger partial charge on any atom is -0.459 e. The maximum atomic E-state index is 12.9. The second-order valence-electron chi connectivity index (χ2n) is 7.85. The van der Waals surface area contributed by atoms with E-state index in [0.717, 1.165) is 19.3 Å². The van der Waals surface area contributed by atoms with Gasteiger partial charge in [0, 0.05) is 24.5 Å². The third-order valence-electron chi connectivity index (χ3n) is 4.90. The van der Waals surface area contributed by atoms with Crippen molar-refractivity contribution < 1.29 is 19.1 Å². The fourth-order valence-electron chi connectivity index (χ4n) is 3.42. The minimum absolute atomic E-state index is 0.263. The molecule has 0 unspecified atom stereocenters. The monoisotopic (exact) mass is 430 g/mol. The Morgan fingerprint density at radius 2 is 1.97 bits per heavy atom. The Morgan fingerprint density at radius 1 is 1.23 bits per heavy atom. The molecule has 0 spiro atoms. The van der Waals surface area contributed by atoms with E-state index in [2.05, 4.69) is 22.9 Å². The van der Waals surface area contributed by atoms with Gasteiger partial charge >= 0.3 is 18.0 Å². The highest BCUT2D eigenvalue weighted by Crippen LogP contribution is 2.32. The quantitative estimate of drug-likeness (QED) is 0.401. The van der Waals surface area contributed by atoms with Gasteiger partial charge in [0.05, 0.1) is 17.7 Å². The molecule has 0 aromatic heterocycles. The van der Waals surface area contributed by atoms with E-state index >= 15 is 0 Å². The fourth-order valence-corrected chi connectivity index (χ4v) is 3.42. The van der Waals surface area contributed by atoms with E-state index in [4.69, 9.17) is 4.74 Å². The molecule has 1 aliphatic rings. The molecule has 1 aromatic carbocycles. The van der Waals surface area contributed by atoms with Crippen molar-refractivity contribution in [2.45, 2.75) is 66.0 Å².